The second kappa shape index (κ2) is 8.63. The number of rotatable bonds is 6. The highest BCUT2D eigenvalue weighted by molar-refractivity contribution is 6.30. The van der Waals surface area contributed by atoms with Gasteiger partial charge in [-0.2, -0.15) is 5.10 Å². The van der Waals surface area contributed by atoms with Gasteiger partial charge in [-0.1, -0.05) is 37.6 Å². The van der Waals surface area contributed by atoms with Gasteiger partial charge in [0.25, 0.3) is 0 Å². The van der Waals surface area contributed by atoms with E-state index in [-0.39, 0.29) is 5.92 Å². The Labute approximate surface area is 196 Å². The zero-order valence-electron chi connectivity index (χ0n) is 18.5. The van der Waals surface area contributed by atoms with E-state index in [1.165, 1.54) is 0 Å². The van der Waals surface area contributed by atoms with Crippen molar-refractivity contribution < 1.29 is 0 Å². The minimum Gasteiger partial charge on any atom is -0.309 e. The van der Waals surface area contributed by atoms with Crippen LogP contribution in [0.5, 0.6) is 0 Å². The van der Waals surface area contributed by atoms with Crippen LogP contribution in [0.15, 0.2) is 67.1 Å². The first-order valence-electron chi connectivity index (χ1n) is 10.7. The van der Waals surface area contributed by atoms with Gasteiger partial charge in [-0.15, -0.1) is 10.2 Å². The highest BCUT2D eigenvalue weighted by Gasteiger charge is 2.24. The maximum absolute atomic E-state index is 6.10. The molecule has 0 spiro atoms. The minimum absolute atomic E-state index is 0.0943. The van der Waals surface area contributed by atoms with Gasteiger partial charge in [0.15, 0.2) is 5.65 Å². The van der Waals surface area contributed by atoms with Gasteiger partial charge < -0.3 is 5.32 Å². The van der Waals surface area contributed by atoms with Crippen molar-refractivity contribution in [3.63, 3.8) is 0 Å². The van der Waals surface area contributed by atoms with Crippen molar-refractivity contribution in [2.75, 3.05) is 5.32 Å². The molecule has 1 atom stereocenters. The summed E-state index contributed by atoms with van der Waals surface area (Å²) in [6, 6.07) is 15.7. The molecule has 8 nitrogen and oxygen atoms in total. The number of nitrogens with zero attached hydrogens (tertiary/aromatic N) is 7. The lowest BCUT2D eigenvalue weighted by Crippen LogP contribution is -2.12. The van der Waals surface area contributed by atoms with E-state index >= 15 is 0 Å². The summed E-state index contributed by atoms with van der Waals surface area (Å²) in [5.74, 6) is 2.64. The predicted octanol–water partition coefficient (Wildman–Crippen LogP) is 5.10. The lowest BCUT2D eigenvalue weighted by molar-refractivity contribution is 0.534. The van der Waals surface area contributed by atoms with E-state index in [1.807, 2.05) is 54.0 Å². The molecule has 4 aromatic heterocycles. The third kappa shape index (κ3) is 4.17. The average Bonchev–Trinajstić information content (AvgIpc) is 3.41. The van der Waals surface area contributed by atoms with Crippen molar-refractivity contribution in [2.24, 2.45) is 13.0 Å². The number of halogens is 1. The van der Waals surface area contributed by atoms with Crippen LogP contribution in [-0.2, 0) is 7.05 Å². The van der Waals surface area contributed by atoms with Crippen molar-refractivity contribution in [1.82, 2.24) is 34.3 Å². The molecule has 1 unspecified atom stereocenters. The number of benzene rings is 1. The standard InChI is InChI=1S/C24H23ClN8/c1-15(2)22(16-4-6-18(25)7-5-16)23-31-30-21-14-17(10-13-33(21)23)19-8-11-26-24(28-19)29-20-9-12-27-32(20)3/h4-15,22H,1-3H3,(H,26,28,29). The number of aryl methyl sites for hydroxylation is 1. The van der Waals surface area contributed by atoms with E-state index in [1.54, 1.807) is 17.1 Å². The fourth-order valence-electron chi connectivity index (χ4n) is 3.97. The van der Waals surface area contributed by atoms with Gasteiger partial charge >= 0.3 is 0 Å². The fourth-order valence-corrected chi connectivity index (χ4v) is 4.10. The Bertz CT molecular complexity index is 1400. The number of anilines is 2. The highest BCUT2D eigenvalue weighted by atomic mass is 35.5. The lowest BCUT2D eigenvalue weighted by Gasteiger charge is -2.20. The molecule has 0 aliphatic heterocycles. The largest absolute Gasteiger partial charge is 0.309 e. The van der Waals surface area contributed by atoms with Crippen LogP contribution in [0.1, 0.15) is 31.2 Å². The molecule has 5 aromatic rings. The molecule has 0 saturated carbocycles. The molecule has 0 bridgehead atoms. The zero-order chi connectivity index (χ0) is 22.9. The van der Waals surface area contributed by atoms with E-state index in [0.29, 0.717) is 11.9 Å². The molecular weight excluding hydrogens is 436 g/mol. The van der Waals surface area contributed by atoms with Crippen molar-refractivity contribution in [3.8, 4) is 11.3 Å². The van der Waals surface area contributed by atoms with Crippen LogP contribution in [0.4, 0.5) is 11.8 Å². The number of aromatic nitrogens is 7. The number of nitrogens with one attached hydrogen (secondary N) is 1. The van der Waals surface area contributed by atoms with Crippen LogP contribution in [-0.4, -0.2) is 34.3 Å². The second-order valence-corrected chi connectivity index (χ2v) is 8.64. The van der Waals surface area contributed by atoms with Crippen LogP contribution < -0.4 is 5.32 Å². The maximum atomic E-state index is 6.10. The molecule has 0 aliphatic carbocycles. The third-order valence-electron chi connectivity index (χ3n) is 5.62. The molecule has 5 rings (SSSR count). The molecule has 0 fully saturated rings. The predicted molar refractivity (Wildman–Crippen MR) is 129 cm³/mol. The molecule has 0 amide bonds. The minimum atomic E-state index is 0.0943. The second-order valence-electron chi connectivity index (χ2n) is 8.21. The first-order chi connectivity index (χ1) is 16.0. The topological polar surface area (TPSA) is 85.8 Å². The van der Waals surface area contributed by atoms with Crippen LogP contribution in [0, 0.1) is 5.92 Å². The van der Waals surface area contributed by atoms with Gasteiger partial charge in [0.2, 0.25) is 5.95 Å². The van der Waals surface area contributed by atoms with Gasteiger partial charge in [0.05, 0.1) is 11.9 Å². The summed E-state index contributed by atoms with van der Waals surface area (Å²) in [5.41, 5.74) is 3.65. The molecule has 1 N–H and O–H groups in total. The lowest BCUT2D eigenvalue weighted by atomic mass is 9.88. The van der Waals surface area contributed by atoms with Crippen molar-refractivity contribution in [1.29, 1.82) is 0 Å². The molecule has 166 valence electrons. The summed E-state index contributed by atoms with van der Waals surface area (Å²) in [6.45, 7) is 4.37. The molecule has 0 saturated heterocycles. The van der Waals surface area contributed by atoms with E-state index in [0.717, 1.165) is 39.1 Å². The summed E-state index contributed by atoms with van der Waals surface area (Å²) in [4.78, 5) is 8.98. The van der Waals surface area contributed by atoms with Crippen molar-refractivity contribution in [2.45, 2.75) is 19.8 Å². The van der Waals surface area contributed by atoms with Gasteiger partial charge in [0, 0.05) is 42.0 Å². The van der Waals surface area contributed by atoms with E-state index in [9.17, 15) is 0 Å². The Balaban J connectivity index is 1.49. The molecule has 9 heteroatoms. The van der Waals surface area contributed by atoms with Crippen LogP contribution in [0.3, 0.4) is 0 Å². The molecular formula is C24H23ClN8. The Morgan fingerprint density at radius 3 is 2.52 bits per heavy atom. The van der Waals surface area contributed by atoms with Gasteiger partial charge in [-0.05, 0) is 41.8 Å². The van der Waals surface area contributed by atoms with Gasteiger partial charge in [-0.3, -0.25) is 9.08 Å². The SMILES string of the molecule is CC(C)C(c1ccc(Cl)cc1)c1nnc2cc(-c3ccnc(Nc4ccnn4C)n3)ccn12. The summed E-state index contributed by atoms with van der Waals surface area (Å²) in [7, 11) is 1.86. The van der Waals surface area contributed by atoms with Crippen LogP contribution in [0.25, 0.3) is 16.9 Å². The summed E-state index contributed by atoms with van der Waals surface area (Å²) < 4.78 is 3.77. The highest BCUT2D eigenvalue weighted by Crippen LogP contribution is 2.32. The first kappa shape index (κ1) is 21.1. The molecule has 33 heavy (non-hydrogen) atoms. The molecule has 4 heterocycles. The molecule has 0 aliphatic rings. The van der Waals surface area contributed by atoms with Crippen LogP contribution in [0.2, 0.25) is 5.02 Å². The van der Waals surface area contributed by atoms with E-state index in [2.05, 4.69) is 56.6 Å². The van der Waals surface area contributed by atoms with E-state index in [4.69, 9.17) is 11.6 Å². The Hall–Kier alpha value is -3.78. The normalized spacial score (nSPS) is 12.4. The summed E-state index contributed by atoms with van der Waals surface area (Å²) >= 11 is 6.10. The number of fused-ring (bicyclic) bond motifs is 1. The van der Waals surface area contributed by atoms with Crippen molar-refractivity contribution in [3.05, 3.63) is 83.5 Å². The zero-order valence-corrected chi connectivity index (χ0v) is 19.3. The average molecular weight is 459 g/mol. The summed E-state index contributed by atoms with van der Waals surface area (Å²) in [6.07, 6.45) is 5.45. The molecule has 1 aromatic carbocycles. The number of hydrogen-bond donors (Lipinski definition) is 1. The number of hydrogen-bond acceptors (Lipinski definition) is 6. The fraction of sp³-hybridized carbons (Fsp3) is 0.208. The quantitative estimate of drug-likeness (QED) is 0.380. The monoisotopic (exact) mass is 458 g/mol. The first-order valence-corrected chi connectivity index (χ1v) is 11.1. The smallest absolute Gasteiger partial charge is 0.228 e. The van der Waals surface area contributed by atoms with E-state index < -0.39 is 0 Å². The van der Waals surface area contributed by atoms with Crippen molar-refractivity contribution >= 4 is 29.0 Å². The van der Waals surface area contributed by atoms with Crippen LogP contribution >= 0.6 is 11.6 Å². The molecule has 0 radical (unpaired) electrons. The third-order valence-corrected chi connectivity index (χ3v) is 5.87. The Morgan fingerprint density at radius 2 is 1.79 bits per heavy atom. The van der Waals surface area contributed by atoms with Gasteiger partial charge in [0.1, 0.15) is 11.6 Å². The maximum Gasteiger partial charge on any atom is 0.228 e. The number of pyridine rings is 1. The Kier molecular flexibility index (Phi) is 5.51. The summed E-state index contributed by atoms with van der Waals surface area (Å²) in [5, 5.41) is 17.1. The van der Waals surface area contributed by atoms with Gasteiger partial charge in [-0.25, -0.2) is 9.97 Å². The Morgan fingerprint density at radius 1 is 0.970 bits per heavy atom.